The molecule has 0 radical (unpaired) electrons. The van der Waals surface area contributed by atoms with Gasteiger partial charge in [-0.1, -0.05) is 36.0 Å². The van der Waals surface area contributed by atoms with Crippen molar-refractivity contribution in [1.29, 1.82) is 0 Å². The zero-order chi connectivity index (χ0) is 18.6. The van der Waals surface area contributed by atoms with Crippen molar-refractivity contribution in [2.75, 3.05) is 17.9 Å². The lowest BCUT2D eigenvalue weighted by Gasteiger charge is -2.09. The SMILES string of the molecule is CCn1c(SCC(=O)Nc2ccccc2)nnc1-c1cccc2c1OCO2. The van der Waals surface area contributed by atoms with E-state index in [9.17, 15) is 4.79 Å². The smallest absolute Gasteiger partial charge is 0.234 e. The molecule has 1 N–H and O–H groups in total. The predicted octanol–water partition coefficient (Wildman–Crippen LogP) is 3.42. The summed E-state index contributed by atoms with van der Waals surface area (Å²) in [5, 5.41) is 12.1. The topological polar surface area (TPSA) is 78.3 Å². The van der Waals surface area contributed by atoms with Gasteiger partial charge in [0.25, 0.3) is 0 Å². The Labute approximate surface area is 160 Å². The van der Waals surface area contributed by atoms with Gasteiger partial charge in [0.05, 0.1) is 11.3 Å². The molecule has 0 fully saturated rings. The molecule has 0 aliphatic carbocycles. The molecular formula is C19H18N4O3S. The quantitative estimate of drug-likeness (QED) is 0.658. The van der Waals surface area contributed by atoms with Gasteiger partial charge in [0.1, 0.15) is 0 Å². The van der Waals surface area contributed by atoms with Crippen LogP contribution in [0.4, 0.5) is 5.69 Å². The fourth-order valence-corrected chi connectivity index (χ4v) is 3.64. The Kier molecular flexibility index (Phi) is 4.97. The van der Waals surface area contributed by atoms with Crippen molar-refractivity contribution >= 4 is 23.4 Å². The number of para-hydroxylation sites is 2. The van der Waals surface area contributed by atoms with Gasteiger partial charge >= 0.3 is 0 Å². The summed E-state index contributed by atoms with van der Waals surface area (Å²) in [4.78, 5) is 12.2. The first-order valence-corrected chi connectivity index (χ1v) is 9.54. The molecule has 8 heteroatoms. The number of anilines is 1. The lowest BCUT2D eigenvalue weighted by Crippen LogP contribution is -2.14. The average Bonchev–Trinajstić information content (AvgIpc) is 3.33. The standard InChI is InChI=1S/C19H18N4O3S/c1-2-23-18(14-9-6-10-15-17(14)26-12-25-15)21-22-19(23)27-11-16(24)20-13-7-4-3-5-8-13/h3-10H,2,11-12H2,1H3,(H,20,24). The van der Waals surface area contributed by atoms with Crippen molar-refractivity contribution in [3.8, 4) is 22.9 Å². The number of carbonyl (C=O) groups is 1. The Morgan fingerprint density at radius 3 is 2.81 bits per heavy atom. The molecule has 27 heavy (non-hydrogen) atoms. The van der Waals surface area contributed by atoms with E-state index in [4.69, 9.17) is 9.47 Å². The van der Waals surface area contributed by atoms with Crippen molar-refractivity contribution < 1.29 is 14.3 Å². The molecule has 1 amide bonds. The highest BCUT2D eigenvalue weighted by atomic mass is 32.2. The molecule has 7 nitrogen and oxygen atoms in total. The second-order valence-electron chi connectivity index (χ2n) is 5.79. The lowest BCUT2D eigenvalue weighted by molar-refractivity contribution is -0.113. The van der Waals surface area contributed by atoms with Crippen LogP contribution in [-0.4, -0.2) is 33.2 Å². The molecule has 0 saturated heterocycles. The zero-order valence-electron chi connectivity index (χ0n) is 14.7. The van der Waals surface area contributed by atoms with Crippen LogP contribution in [0.1, 0.15) is 6.92 Å². The maximum Gasteiger partial charge on any atom is 0.234 e. The van der Waals surface area contributed by atoms with Gasteiger partial charge in [0.15, 0.2) is 22.5 Å². The van der Waals surface area contributed by atoms with Gasteiger partial charge in [-0.25, -0.2) is 0 Å². The Bertz CT molecular complexity index is 959. The average molecular weight is 382 g/mol. The number of carbonyl (C=O) groups excluding carboxylic acids is 1. The number of thioether (sulfide) groups is 1. The Balaban J connectivity index is 1.50. The zero-order valence-corrected chi connectivity index (χ0v) is 15.5. The number of rotatable bonds is 6. The summed E-state index contributed by atoms with van der Waals surface area (Å²) < 4.78 is 13.0. The number of hydrogen-bond donors (Lipinski definition) is 1. The van der Waals surface area contributed by atoms with E-state index in [0.29, 0.717) is 29.0 Å². The summed E-state index contributed by atoms with van der Waals surface area (Å²) in [6.45, 7) is 2.89. The molecule has 1 aliphatic rings. The highest BCUT2D eigenvalue weighted by molar-refractivity contribution is 7.99. The van der Waals surface area contributed by atoms with Crippen molar-refractivity contribution in [3.05, 3.63) is 48.5 Å². The number of fused-ring (bicyclic) bond motifs is 1. The van der Waals surface area contributed by atoms with Crippen LogP contribution in [0.3, 0.4) is 0 Å². The fourth-order valence-electron chi connectivity index (χ4n) is 2.83. The van der Waals surface area contributed by atoms with Crippen LogP contribution in [-0.2, 0) is 11.3 Å². The number of aromatic nitrogens is 3. The predicted molar refractivity (Wildman–Crippen MR) is 103 cm³/mol. The van der Waals surface area contributed by atoms with Crippen LogP contribution in [0.15, 0.2) is 53.7 Å². The van der Waals surface area contributed by atoms with Crippen LogP contribution in [0.5, 0.6) is 11.5 Å². The molecule has 138 valence electrons. The maximum absolute atomic E-state index is 12.2. The summed E-state index contributed by atoms with van der Waals surface area (Å²) in [6, 6.07) is 15.1. The van der Waals surface area contributed by atoms with Crippen LogP contribution in [0, 0.1) is 0 Å². The van der Waals surface area contributed by atoms with Crippen molar-refractivity contribution in [2.24, 2.45) is 0 Å². The normalized spacial score (nSPS) is 12.2. The fraction of sp³-hybridized carbons (Fsp3) is 0.211. The van der Waals surface area contributed by atoms with E-state index < -0.39 is 0 Å². The van der Waals surface area contributed by atoms with Gasteiger partial charge in [-0.3, -0.25) is 4.79 Å². The highest BCUT2D eigenvalue weighted by Crippen LogP contribution is 2.41. The minimum Gasteiger partial charge on any atom is -0.454 e. The Morgan fingerprint density at radius 1 is 1.15 bits per heavy atom. The first-order chi connectivity index (χ1) is 13.3. The van der Waals surface area contributed by atoms with Gasteiger partial charge in [0, 0.05) is 12.2 Å². The van der Waals surface area contributed by atoms with Crippen LogP contribution in [0.2, 0.25) is 0 Å². The van der Waals surface area contributed by atoms with E-state index in [1.165, 1.54) is 11.8 Å². The van der Waals surface area contributed by atoms with Gasteiger partial charge < -0.3 is 19.4 Å². The van der Waals surface area contributed by atoms with E-state index in [0.717, 1.165) is 11.3 Å². The number of ether oxygens (including phenoxy) is 2. The van der Waals surface area contributed by atoms with E-state index in [2.05, 4.69) is 15.5 Å². The number of hydrogen-bond acceptors (Lipinski definition) is 6. The van der Waals surface area contributed by atoms with E-state index >= 15 is 0 Å². The van der Waals surface area contributed by atoms with Gasteiger partial charge in [-0.05, 0) is 31.2 Å². The molecule has 0 spiro atoms. The summed E-state index contributed by atoms with van der Waals surface area (Å²) in [5.41, 5.74) is 1.61. The number of nitrogens with one attached hydrogen (secondary N) is 1. The molecule has 0 atom stereocenters. The second-order valence-corrected chi connectivity index (χ2v) is 6.74. The van der Waals surface area contributed by atoms with Crippen molar-refractivity contribution in [1.82, 2.24) is 14.8 Å². The molecular weight excluding hydrogens is 364 g/mol. The Hall–Kier alpha value is -3.00. The summed E-state index contributed by atoms with van der Waals surface area (Å²) in [7, 11) is 0. The molecule has 4 rings (SSSR count). The summed E-state index contributed by atoms with van der Waals surface area (Å²) in [6.07, 6.45) is 0. The van der Waals surface area contributed by atoms with E-state index in [1.807, 2.05) is 60.0 Å². The summed E-state index contributed by atoms with van der Waals surface area (Å²) >= 11 is 1.35. The molecule has 0 bridgehead atoms. The van der Waals surface area contributed by atoms with Crippen LogP contribution in [0.25, 0.3) is 11.4 Å². The minimum absolute atomic E-state index is 0.0873. The molecule has 0 unspecified atom stereocenters. The number of amides is 1. The monoisotopic (exact) mass is 382 g/mol. The van der Waals surface area contributed by atoms with Crippen molar-refractivity contribution in [2.45, 2.75) is 18.6 Å². The molecule has 3 aromatic rings. The molecule has 0 saturated carbocycles. The van der Waals surface area contributed by atoms with E-state index in [1.54, 1.807) is 0 Å². The molecule has 1 aliphatic heterocycles. The maximum atomic E-state index is 12.2. The highest BCUT2D eigenvalue weighted by Gasteiger charge is 2.23. The van der Waals surface area contributed by atoms with Gasteiger partial charge in [0.2, 0.25) is 12.7 Å². The third-order valence-electron chi connectivity index (χ3n) is 4.06. The molecule has 2 aromatic carbocycles. The summed E-state index contributed by atoms with van der Waals surface area (Å²) in [5.74, 6) is 2.24. The number of nitrogens with zero attached hydrogens (tertiary/aromatic N) is 3. The van der Waals surface area contributed by atoms with Crippen LogP contribution < -0.4 is 14.8 Å². The largest absolute Gasteiger partial charge is 0.454 e. The first-order valence-electron chi connectivity index (χ1n) is 8.56. The van der Waals surface area contributed by atoms with Crippen molar-refractivity contribution in [3.63, 3.8) is 0 Å². The van der Waals surface area contributed by atoms with E-state index in [-0.39, 0.29) is 18.5 Å². The molecule has 2 heterocycles. The second kappa shape index (κ2) is 7.71. The molecule has 1 aromatic heterocycles. The third kappa shape index (κ3) is 3.61. The minimum atomic E-state index is -0.0873. The first kappa shape index (κ1) is 17.4. The van der Waals surface area contributed by atoms with Gasteiger partial charge in [-0.2, -0.15) is 0 Å². The van der Waals surface area contributed by atoms with Gasteiger partial charge in [-0.15, -0.1) is 10.2 Å². The Morgan fingerprint density at radius 2 is 2.00 bits per heavy atom. The third-order valence-corrected chi connectivity index (χ3v) is 5.03. The number of benzene rings is 2. The van der Waals surface area contributed by atoms with Crippen LogP contribution >= 0.6 is 11.8 Å². The lowest BCUT2D eigenvalue weighted by atomic mass is 10.1.